The third kappa shape index (κ3) is 2.07. The van der Waals surface area contributed by atoms with Crippen LogP contribution in [0.15, 0.2) is 18.2 Å². The minimum Gasteiger partial charge on any atom is -0.493 e. The Morgan fingerprint density at radius 3 is 3.06 bits per heavy atom. The summed E-state index contributed by atoms with van der Waals surface area (Å²) in [4.78, 5) is 0. The highest BCUT2D eigenvalue weighted by Gasteiger charge is 2.16. The molecule has 2 nitrogen and oxygen atoms in total. The number of nitrogens with one attached hydrogen (secondary N) is 1. The van der Waals surface area contributed by atoms with E-state index in [0.29, 0.717) is 0 Å². The third-order valence-electron chi connectivity index (χ3n) is 3.74. The van der Waals surface area contributed by atoms with Crippen molar-refractivity contribution in [3.63, 3.8) is 0 Å². The molecular formula is C14H19NO. The Morgan fingerprint density at radius 1 is 1.31 bits per heavy atom. The predicted molar refractivity (Wildman–Crippen MR) is 64.7 cm³/mol. The van der Waals surface area contributed by atoms with E-state index in [1.54, 1.807) is 0 Å². The zero-order chi connectivity index (χ0) is 10.8. The molecule has 1 N–H and O–H groups in total. The van der Waals surface area contributed by atoms with Gasteiger partial charge in [0.2, 0.25) is 0 Å². The van der Waals surface area contributed by atoms with Gasteiger partial charge in [0.1, 0.15) is 5.75 Å². The summed E-state index contributed by atoms with van der Waals surface area (Å²) in [6, 6.07) is 6.58. The fraction of sp³-hybridized carbons (Fsp3) is 0.571. The molecule has 2 aliphatic rings. The molecule has 1 heterocycles. The molecule has 1 saturated carbocycles. The molecule has 86 valence electrons. The summed E-state index contributed by atoms with van der Waals surface area (Å²) in [6.07, 6.45) is 5.35. The second kappa shape index (κ2) is 4.46. The van der Waals surface area contributed by atoms with E-state index in [1.165, 1.54) is 36.9 Å². The van der Waals surface area contributed by atoms with Gasteiger partial charge in [0.25, 0.3) is 0 Å². The van der Waals surface area contributed by atoms with Crippen molar-refractivity contribution in [2.24, 2.45) is 5.92 Å². The second-order valence-corrected chi connectivity index (χ2v) is 4.97. The third-order valence-corrected chi connectivity index (χ3v) is 3.74. The van der Waals surface area contributed by atoms with Crippen LogP contribution in [0.25, 0.3) is 0 Å². The summed E-state index contributed by atoms with van der Waals surface area (Å²) < 4.78 is 5.50. The molecule has 0 aromatic heterocycles. The Labute approximate surface area is 97.0 Å². The lowest BCUT2D eigenvalue weighted by Crippen LogP contribution is -2.26. The van der Waals surface area contributed by atoms with Crippen molar-refractivity contribution in [2.45, 2.75) is 32.2 Å². The molecule has 1 aliphatic carbocycles. The van der Waals surface area contributed by atoms with E-state index in [4.69, 9.17) is 4.74 Å². The zero-order valence-electron chi connectivity index (χ0n) is 9.67. The Kier molecular flexibility index (Phi) is 2.83. The molecule has 3 rings (SSSR count). The van der Waals surface area contributed by atoms with Crippen LogP contribution in [-0.2, 0) is 13.0 Å². The first-order valence-electron chi connectivity index (χ1n) is 6.37. The lowest BCUT2D eigenvalue weighted by Gasteiger charge is -2.25. The number of fused-ring (bicyclic) bond motifs is 1. The summed E-state index contributed by atoms with van der Waals surface area (Å²) >= 11 is 0. The van der Waals surface area contributed by atoms with Gasteiger partial charge >= 0.3 is 0 Å². The van der Waals surface area contributed by atoms with Crippen molar-refractivity contribution in [1.82, 2.24) is 5.32 Å². The number of hydrogen-bond acceptors (Lipinski definition) is 2. The highest BCUT2D eigenvalue weighted by Crippen LogP contribution is 2.27. The quantitative estimate of drug-likeness (QED) is 0.836. The van der Waals surface area contributed by atoms with Gasteiger partial charge < -0.3 is 10.1 Å². The maximum Gasteiger partial charge on any atom is 0.122 e. The number of benzene rings is 1. The number of rotatable bonds is 4. The fourth-order valence-electron chi connectivity index (χ4n) is 2.47. The Balaban J connectivity index is 1.53. The summed E-state index contributed by atoms with van der Waals surface area (Å²) in [5, 5.41) is 3.55. The van der Waals surface area contributed by atoms with Crippen LogP contribution in [0.2, 0.25) is 0 Å². The fourth-order valence-corrected chi connectivity index (χ4v) is 2.47. The molecule has 1 fully saturated rings. The Morgan fingerprint density at radius 2 is 2.25 bits per heavy atom. The van der Waals surface area contributed by atoms with Crippen LogP contribution in [0, 0.1) is 5.92 Å². The van der Waals surface area contributed by atoms with Gasteiger partial charge in [-0.3, -0.25) is 0 Å². The number of ether oxygens (including phenoxy) is 1. The van der Waals surface area contributed by atoms with Crippen molar-refractivity contribution < 1.29 is 4.74 Å². The SMILES string of the molecule is c1cc2c(cc1CNCC1CCC1)CCO2. The van der Waals surface area contributed by atoms with E-state index >= 15 is 0 Å². The van der Waals surface area contributed by atoms with Crippen LogP contribution >= 0.6 is 0 Å². The van der Waals surface area contributed by atoms with Gasteiger partial charge in [0.15, 0.2) is 0 Å². The molecule has 0 atom stereocenters. The van der Waals surface area contributed by atoms with Crippen molar-refractivity contribution in [1.29, 1.82) is 0 Å². The van der Waals surface area contributed by atoms with Gasteiger partial charge in [0.05, 0.1) is 6.61 Å². The van der Waals surface area contributed by atoms with Gasteiger partial charge in [-0.05, 0) is 42.5 Å². The average Bonchev–Trinajstić information content (AvgIpc) is 2.68. The Bertz CT molecular complexity index is 371. The smallest absolute Gasteiger partial charge is 0.122 e. The predicted octanol–water partition coefficient (Wildman–Crippen LogP) is 2.51. The van der Waals surface area contributed by atoms with Gasteiger partial charge in [-0.25, -0.2) is 0 Å². The molecule has 0 radical (unpaired) electrons. The summed E-state index contributed by atoms with van der Waals surface area (Å²) in [5.74, 6) is 2.03. The van der Waals surface area contributed by atoms with Crippen molar-refractivity contribution in [3.05, 3.63) is 29.3 Å². The lowest BCUT2D eigenvalue weighted by atomic mass is 9.85. The average molecular weight is 217 g/mol. The molecule has 16 heavy (non-hydrogen) atoms. The minimum atomic E-state index is 0.855. The van der Waals surface area contributed by atoms with E-state index in [9.17, 15) is 0 Å². The van der Waals surface area contributed by atoms with Gasteiger partial charge in [0, 0.05) is 13.0 Å². The first-order valence-corrected chi connectivity index (χ1v) is 6.37. The van der Waals surface area contributed by atoms with E-state index in [0.717, 1.165) is 31.2 Å². The van der Waals surface area contributed by atoms with Crippen LogP contribution in [0.1, 0.15) is 30.4 Å². The van der Waals surface area contributed by atoms with Crippen LogP contribution in [0.3, 0.4) is 0 Å². The standard InChI is InChI=1S/C14H19NO/c1-2-11(3-1)9-15-10-12-4-5-14-13(8-12)6-7-16-14/h4-5,8,11,15H,1-3,6-7,9-10H2. The maximum atomic E-state index is 5.50. The molecule has 1 aromatic carbocycles. The molecular weight excluding hydrogens is 198 g/mol. The summed E-state index contributed by atoms with van der Waals surface area (Å²) in [6.45, 7) is 3.05. The molecule has 1 aromatic rings. The van der Waals surface area contributed by atoms with Gasteiger partial charge in [-0.2, -0.15) is 0 Å². The Hall–Kier alpha value is -1.02. The van der Waals surface area contributed by atoms with E-state index in [2.05, 4.69) is 23.5 Å². The molecule has 0 unspecified atom stereocenters. The molecule has 0 saturated heterocycles. The van der Waals surface area contributed by atoms with Gasteiger partial charge in [-0.1, -0.05) is 18.6 Å². The van der Waals surface area contributed by atoms with E-state index < -0.39 is 0 Å². The summed E-state index contributed by atoms with van der Waals surface area (Å²) in [5.41, 5.74) is 2.77. The van der Waals surface area contributed by atoms with Crippen LogP contribution in [0.4, 0.5) is 0 Å². The van der Waals surface area contributed by atoms with Crippen LogP contribution in [0.5, 0.6) is 5.75 Å². The van der Waals surface area contributed by atoms with Crippen molar-refractivity contribution in [2.75, 3.05) is 13.2 Å². The maximum absolute atomic E-state index is 5.50. The molecule has 1 aliphatic heterocycles. The topological polar surface area (TPSA) is 21.3 Å². The van der Waals surface area contributed by atoms with Crippen LogP contribution < -0.4 is 10.1 Å². The van der Waals surface area contributed by atoms with Crippen LogP contribution in [-0.4, -0.2) is 13.2 Å². The van der Waals surface area contributed by atoms with Gasteiger partial charge in [-0.15, -0.1) is 0 Å². The second-order valence-electron chi connectivity index (χ2n) is 4.97. The lowest BCUT2D eigenvalue weighted by molar-refractivity contribution is 0.301. The van der Waals surface area contributed by atoms with E-state index in [1.807, 2.05) is 0 Å². The molecule has 0 bridgehead atoms. The molecule has 0 spiro atoms. The highest BCUT2D eigenvalue weighted by molar-refractivity contribution is 5.39. The first-order chi connectivity index (χ1) is 7.92. The largest absolute Gasteiger partial charge is 0.493 e. The molecule has 2 heteroatoms. The monoisotopic (exact) mass is 217 g/mol. The van der Waals surface area contributed by atoms with Crippen molar-refractivity contribution >= 4 is 0 Å². The number of hydrogen-bond donors (Lipinski definition) is 1. The minimum absolute atomic E-state index is 0.855. The summed E-state index contributed by atoms with van der Waals surface area (Å²) in [7, 11) is 0. The zero-order valence-corrected chi connectivity index (χ0v) is 9.67. The molecule has 0 amide bonds. The van der Waals surface area contributed by atoms with Crippen molar-refractivity contribution in [3.8, 4) is 5.75 Å². The normalized spacial score (nSPS) is 19.0. The highest BCUT2D eigenvalue weighted by atomic mass is 16.5. The van der Waals surface area contributed by atoms with E-state index in [-0.39, 0.29) is 0 Å². The first kappa shape index (κ1) is 10.2.